The first-order chi connectivity index (χ1) is 6.57. The quantitative estimate of drug-likeness (QED) is 0.585. The smallest absolute Gasteiger partial charge is 0.163 e. The average Bonchev–Trinajstić information content (AvgIpc) is 2.72. The summed E-state index contributed by atoms with van der Waals surface area (Å²) in [4.78, 5) is 0. The summed E-state index contributed by atoms with van der Waals surface area (Å²) >= 11 is 0. The summed E-state index contributed by atoms with van der Waals surface area (Å²) in [5.74, 6) is 0.232. The van der Waals surface area contributed by atoms with E-state index < -0.39 is 5.79 Å². The third kappa shape index (κ3) is 1.18. The van der Waals surface area contributed by atoms with Gasteiger partial charge in [-0.05, 0) is 13.8 Å². The standard InChI is InChI=1S/C10H14O4/c1-5-7-9(13-7)8(12-5)6-4-11-10(2,3)14-6/h6-9H,1,4H2,2-3H3/t6-,7+,8+,9+/m0/s1. The molecule has 3 fully saturated rings. The molecule has 0 N–H and O–H groups in total. The SMILES string of the molecule is C=C1O[C@H]([C@@H]2COC(C)(C)O2)[C@@H]2O[C@H]12. The maximum absolute atomic E-state index is 5.71. The topological polar surface area (TPSA) is 40.2 Å². The van der Waals surface area contributed by atoms with E-state index in [4.69, 9.17) is 18.9 Å². The van der Waals surface area contributed by atoms with E-state index in [9.17, 15) is 0 Å². The lowest BCUT2D eigenvalue weighted by Gasteiger charge is -2.21. The predicted molar refractivity (Wildman–Crippen MR) is 47.6 cm³/mol. The lowest BCUT2D eigenvalue weighted by atomic mass is 10.1. The molecule has 3 rings (SSSR count). The van der Waals surface area contributed by atoms with Crippen LogP contribution in [0, 0.1) is 0 Å². The normalized spacial score (nSPS) is 48.9. The largest absolute Gasteiger partial charge is 0.487 e. The molecule has 4 heteroatoms. The molecule has 0 unspecified atom stereocenters. The molecule has 4 nitrogen and oxygen atoms in total. The second kappa shape index (κ2) is 2.51. The molecule has 3 saturated heterocycles. The average molecular weight is 198 g/mol. The van der Waals surface area contributed by atoms with Gasteiger partial charge in [0.1, 0.15) is 24.1 Å². The number of epoxide rings is 1. The molecule has 0 aromatic carbocycles. The van der Waals surface area contributed by atoms with Gasteiger partial charge < -0.3 is 18.9 Å². The van der Waals surface area contributed by atoms with Gasteiger partial charge in [-0.3, -0.25) is 0 Å². The number of hydrogen-bond donors (Lipinski definition) is 0. The Kier molecular flexibility index (Phi) is 1.56. The first-order valence-electron chi connectivity index (χ1n) is 4.89. The highest BCUT2D eigenvalue weighted by Crippen LogP contribution is 2.44. The molecule has 3 aliphatic heterocycles. The molecule has 0 radical (unpaired) electrons. The lowest BCUT2D eigenvalue weighted by molar-refractivity contribution is -0.153. The van der Waals surface area contributed by atoms with Crippen molar-refractivity contribution in [2.75, 3.05) is 6.61 Å². The van der Waals surface area contributed by atoms with E-state index in [0.717, 1.165) is 5.76 Å². The molecule has 0 aliphatic carbocycles. The summed E-state index contributed by atoms with van der Waals surface area (Å²) < 4.78 is 22.2. The Morgan fingerprint density at radius 1 is 1.36 bits per heavy atom. The van der Waals surface area contributed by atoms with Crippen molar-refractivity contribution in [1.29, 1.82) is 0 Å². The van der Waals surface area contributed by atoms with Gasteiger partial charge in [-0.2, -0.15) is 0 Å². The molecule has 4 atom stereocenters. The summed E-state index contributed by atoms with van der Waals surface area (Å²) in [7, 11) is 0. The van der Waals surface area contributed by atoms with Crippen molar-refractivity contribution >= 4 is 0 Å². The van der Waals surface area contributed by atoms with Crippen LogP contribution in [0.5, 0.6) is 0 Å². The molecule has 0 aromatic rings. The van der Waals surface area contributed by atoms with Crippen molar-refractivity contribution in [3.63, 3.8) is 0 Å². The van der Waals surface area contributed by atoms with E-state index in [1.54, 1.807) is 0 Å². The molecule has 0 amide bonds. The molecule has 78 valence electrons. The van der Waals surface area contributed by atoms with Crippen LogP contribution < -0.4 is 0 Å². The van der Waals surface area contributed by atoms with Crippen LogP contribution in [0.15, 0.2) is 12.3 Å². The van der Waals surface area contributed by atoms with Gasteiger partial charge in [0.05, 0.1) is 6.61 Å². The molecule has 0 bridgehead atoms. The lowest BCUT2D eigenvalue weighted by Crippen LogP contribution is -2.34. The third-order valence-corrected chi connectivity index (χ3v) is 2.85. The molecule has 3 aliphatic rings. The van der Waals surface area contributed by atoms with E-state index in [1.165, 1.54) is 0 Å². The number of rotatable bonds is 1. The molecular formula is C10H14O4. The highest BCUT2D eigenvalue weighted by atomic mass is 16.8. The number of hydrogen-bond acceptors (Lipinski definition) is 4. The zero-order valence-electron chi connectivity index (χ0n) is 8.36. The van der Waals surface area contributed by atoms with E-state index in [1.807, 2.05) is 13.8 Å². The van der Waals surface area contributed by atoms with Crippen LogP contribution in [-0.2, 0) is 18.9 Å². The molecule has 3 heterocycles. The van der Waals surface area contributed by atoms with Crippen LogP contribution in [0.1, 0.15) is 13.8 Å². The fraction of sp³-hybridized carbons (Fsp3) is 0.800. The predicted octanol–water partition coefficient (Wildman–Crippen LogP) is 0.818. The van der Waals surface area contributed by atoms with E-state index in [0.29, 0.717) is 6.61 Å². The van der Waals surface area contributed by atoms with E-state index >= 15 is 0 Å². The van der Waals surface area contributed by atoms with Crippen molar-refractivity contribution in [1.82, 2.24) is 0 Å². The summed E-state index contributed by atoms with van der Waals surface area (Å²) in [6.45, 7) is 8.17. The summed E-state index contributed by atoms with van der Waals surface area (Å²) in [6, 6.07) is 0. The van der Waals surface area contributed by atoms with Gasteiger partial charge in [0.2, 0.25) is 0 Å². The fourth-order valence-corrected chi connectivity index (χ4v) is 2.11. The van der Waals surface area contributed by atoms with Gasteiger partial charge in [0.25, 0.3) is 0 Å². The minimum Gasteiger partial charge on any atom is -0.487 e. The van der Waals surface area contributed by atoms with Gasteiger partial charge in [-0.1, -0.05) is 6.58 Å². The van der Waals surface area contributed by atoms with Crippen LogP contribution >= 0.6 is 0 Å². The van der Waals surface area contributed by atoms with Crippen LogP contribution in [0.4, 0.5) is 0 Å². The highest BCUT2D eigenvalue weighted by Gasteiger charge is 2.59. The van der Waals surface area contributed by atoms with E-state index in [2.05, 4.69) is 6.58 Å². The van der Waals surface area contributed by atoms with Crippen molar-refractivity contribution in [3.8, 4) is 0 Å². The first-order valence-corrected chi connectivity index (χ1v) is 4.89. The molecule has 14 heavy (non-hydrogen) atoms. The summed E-state index contributed by atoms with van der Waals surface area (Å²) in [5.41, 5.74) is 0. The zero-order chi connectivity index (χ0) is 9.92. The minimum atomic E-state index is -0.498. The zero-order valence-corrected chi connectivity index (χ0v) is 8.36. The van der Waals surface area contributed by atoms with Gasteiger partial charge in [-0.15, -0.1) is 0 Å². The molecule has 0 aromatic heterocycles. The molecule has 0 saturated carbocycles. The second-order valence-corrected chi connectivity index (χ2v) is 4.44. The summed E-state index contributed by atoms with van der Waals surface area (Å²) in [6.07, 6.45) is 0.186. The minimum absolute atomic E-state index is 0.0285. The number of ether oxygens (including phenoxy) is 4. The molecule has 0 spiro atoms. The van der Waals surface area contributed by atoms with Crippen LogP contribution in [-0.4, -0.2) is 36.8 Å². The Balaban J connectivity index is 1.70. The Morgan fingerprint density at radius 3 is 2.57 bits per heavy atom. The highest BCUT2D eigenvalue weighted by molar-refractivity contribution is 5.17. The van der Waals surface area contributed by atoms with Gasteiger partial charge in [-0.25, -0.2) is 0 Å². The van der Waals surface area contributed by atoms with Crippen LogP contribution in [0.3, 0.4) is 0 Å². The van der Waals surface area contributed by atoms with E-state index in [-0.39, 0.29) is 24.4 Å². The molecular weight excluding hydrogens is 184 g/mol. The number of fused-ring (bicyclic) bond motifs is 1. The maximum Gasteiger partial charge on any atom is 0.163 e. The van der Waals surface area contributed by atoms with Crippen molar-refractivity contribution < 1.29 is 18.9 Å². The van der Waals surface area contributed by atoms with Crippen molar-refractivity contribution in [2.45, 2.75) is 44.1 Å². The van der Waals surface area contributed by atoms with Gasteiger partial charge in [0.15, 0.2) is 11.9 Å². The maximum atomic E-state index is 5.71. The third-order valence-electron chi connectivity index (χ3n) is 2.85. The first kappa shape index (κ1) is 8.71. The van der Waals surface area contributed by atoms with Crippen LogP contribution in [0.25, 0.3) is 0 Å². The Morgan fingerprint density at radius 2 is 2.14 bits per heavy atom. The summed E-state index contributed by atoms with van der Waals surface area (Å²) in [5, 5.41) is 0. The Labute approximate surface area is 82.8 Å². The van der Waals surface area contributed by atoms with Crippen molar-refractivity contribution in [2.24, 2.45) is 0 Å². The monoisotopic (exact) mass is 198 g/mol. The Bertz CT molecular complexity index is 286. The van der Waals surface area contributed by atoms with Gasteiger partial charge in [0, 0.05) is 0 Å². The van der Waals surface area contributed by atoms with Gasteiger partial charge >= 0.3 is 0 Å². The second-order valence-electron chi connectivity index (χ2n) is 4.44. The van der Waals surface area contributed by atoms with Crippen LogP contribution in [0.2, 0.25) is 0 Å². The fourth-order valence-electron chi connectivity index (χ4n) is 2.11. The Hall–Kier alpha value is -0.580. The van der Waals surface area contributed by atoms with Crippen molar-refractivity contribution in [3.05, 3.63) is 12.3 Å².